The van der Waals surface area contributed by atoms with E-state index >= 15 is 0 Å². The third kappa shape index (κ3) is 4.22. The first-order chi connectivity index (χ1) is 11.6. The summed E-state index contributed by atoms with van der Waals surface area (Å²) in [4.78, 5) is 0. The highest BCUT2D eigenvalue weighted by Crippen LogP contribution is 2.28. The van der Waals surface area contributed by atoms with Crippen molar-refractivity contribution in [2.45, 2.75) is 50.2 Å². The van der Waals surface area contributed by atoms with Crippen molar-refractivity contribution >= 4 is 0 Å². The molecule has 0 bridgehead atoms. The number of aromatic nitrogens is 2. The lowest BCUT2D eigenvalue weighted by Gasteiger charge is -2.30. The van der Waals surface area contributed by atoms with E-state index in [0.29, 0.717) is 6.54 Å². The molecule has 4 nitrogen and oxygen atoms in total. The lowest BCUT2D eigenvalue weighted by Crippen LogP contribution is -2.41. The van der Waals surface area contributed by atoms with E-state index in [2.05, 4.69) is 10.4 Å². The molecule has 1 saturated carbocycles. The second kappa shape index (κ2) is 7.45. The van der Waals surface area contributed by atoms with Crippen LogP contribution in [0.5, 0.6) is 0 Å². The molecule has 1 heterocycles. The maximum atomic E-state index is 13.7. The second-order valence-corrected chi connectivity index (χ2v) is 6.95. The van der Waals surface area contributed by atoms with E-state index < -0.39 is 5.60 Å². The summed E-state index contributed by atoms with van der Waals surface area (Å²) in [7, 11) is 1.87. The molecule has 1 aliphatic carbocycles. The monoisotopic (exact) mass is 331 g/mol. The second-order valence-electron chi connectivity index (χ2n) is 6.95. The molecule has 130 valence electrons. The van der Waals surface area contributed by atoms with E-state index in [-0.39, 0.29) is 11.9 Å². The van der Waals surface area contributed by atoms with Gasteiger partial charge in [0.25, 0.3) is 0 Å². The van der Waals surface area contributed by atoms with Crippen LogP contribution in [0.3, 0.4) is 0 Å². The number of hydrogen-bond acceptors (Lipinski definition) is 3. The van der Waals surface area contributed by atoms with Gasteiger partial charge in [-0.3, -0.25) is 4.68 Å². The van der Waals surface area contributed by atoms with Gasteiger partial charge in [0, 0.05) is 25.4 Å². The van der Waals surface area contributed by atoms with E-state index in [1.165, 1.54) is 18.9 Å². The fraction of sp³-hybridized carbons (Fsp3) is 0.526. The number of aliphatic hydroxyl groups is 1. The Balaban J connectivity index is 1.80. The van der Waals surface area contributed by atoms with Crippen LogP contribution in [0.1, 0.15) is 55.7 Å². The highest BCUT2D eigenvalue weighted by atomic mass is 19.1. The number of rotatable bonds is 5. The molecule has 2 aromatic rings. The van der Waals surface area contributed by atoms with Crippen LogP contribution in [0.2, 0.25) is 0 Å². The molecule has 1 aromatic carbocycles. The third-order valence-electron chi connectivity index (χ3n) is 4.91. The van der Waals surface area contributed by atoms with Gasteiger partial charge in [-0.2, -0.15) is 5.10 Å². The first kappa shape index (κ1) is 17.1. The fourth-order valence-corrected chi connectivity index (χ4v) is 3.56. The normalized spacial score (nSPS) is 19.0. The molecular weight excluding hydrogens is 305 g/mol. The summed E-state index contributed by atoms with van der Waals surface area (Å²) in [5.74, 6) is -0.253. The number of nitrogens with one attached hydrogen (secondary N) is 1. The predicted molar refractivity (Wildman–Crippen MR) is 92.1 cm³/mol. The average Bonchev–Trinajstić information content (AvgIpc) is 2.85. The maximum absolute atomic E-state index is 13.7. The van der Waals surface area contributed by atoms with Gasteiger partial charge in [0.15, 0.2) is 0 Å². The molecule has 1 unspecified atom stereocenters. The minimum Gasteiger partial charge on any atom is -0.389 e. The summed E-state index contributed by atoms with van der Waals surface area (Å²) < 4.78 is 15.4. The molecule has 0 amide bonds. The molecule has 2 N–H and O–H groups in total. The number of nitrogens with zero attached hydrogens (tertiary/aromatic N) is 2. The van der Waals surface area contributed by atoms with Gasteiger partial charge in [-0.1, -0.05) is 37.8 Å². The number of halogens is 1. The van der Waals surface area contributed by atoms with Gasteiger partial charge >= 0.3 is 0 Å². The molecule has 5 heteroatoms. The molecule has 0 saturated heterocycles. The van der Waals surface area contributed by atoms with Gasteiger partial charge in [0.1, 0.15) is 5.82 Å². The van der Waals surface area contributed by atoms with E-state index in [4.69, 9.17) is 0 Å². The SMILES string of the molecule is Cn1cc(C(NCC2(O)CCCCCC2)c2cccc(F)c2)cn1. The number of benzene rings is 1. The van der Waals surface area contributed by atoms with Crippen molar-refractivity contribution in [2.24, 2.45) is 7.05 Å². The topological polar surface area (TPSA) is 50.1 Å². The van der Waals surface area contributed by atoms with Crippen molar-refractivity contribution in [1.82, 2.24) is 15.1 Å². The minimum atomic E-state index is -0.676. The molecule has 0 aliphatic heterocycles. The Morgan fingerprint density at radius 3 is 2.62 bits per heavy atom. The van der Waals surface area contributed by atoms with Crippen LogP contribution in [0.15, 0.2) is 36.7 Å². The van der Waals surface area contributed by atoms with Crippen molar-refractivity contribution in [1.29, 1.82) is 0 Å². The van der Waals surface area contributed by atoms with Gasteiger partial charge in [-0.05, 0) is 30.5 Å². The Morgan fingerprint density at radius 1 is 1.25 bits per heavy atom. The maximum Gasteiger partial charge on any atom is 0.123 e. The van der Waals surface area contributed by atoms with Crippen LogP contribution in [0, 0.1) is 5.82 Å². The Labute approximate surface area is 142 Å². The summed E-state index contributed by atoms with van der Waals surface area (Å²) in [5.41, 5.74) is 1.14. The Bertz CT molecular complexity index is 662. The first-order valence-electron chi connectivity index (χ1n) is 8.76. The van der Waals surface area contributed by atoms with Crippen molar-refractivity contribution in [3.8, 4) is 0 Å². The number of hydrogen-bond donors (Lipinski definition) is 2. The summed E-state index contributed by atoms with van der Waals surface area (Å²) in [6.45, 7) is 0.503. The van der Waals surface area contributed by atoms with Crippen molar-refractivity contribution in [2.75, 3.05) is 6.54 Å². The molecule has 1 aromatic heterocycles. The van der Waals surface area contributed by atoms with Gasteiger partial charge < -0.3 is 10.4 Å². The van der Waals surface area contributed by atoms with Crippen LogP contribution in [0.25, 0.3) is 0 Å². The zero-order valence-electron chi connectivity index (χ0n) is 14.2. The first-order valence-corrected chi connectivity index (χ1v) is 8.76. The summed E-state index contributed by atoms with van der Waals surface area (Å²) in [6, 6.07) is 6.44. The molecule has 1 atom stereocenters. The summed E-state index contributed by atoms with van der Waals surface area (Å²) in [5, 5.41) is 18.6. The Hall–Kier alpha value is -1.72. The molecule has 3 rings (SSSR count). The van der Waals surface area contributed by atoms with Crippen LogP contribution < -0.4 is 5.32 Å². The third-order valence-corrected chi connectivity index (χ3v) is 4.91. The molecule has 0 spiro atoms. The van der Waals surface area contributed by atoms with Gasteiger partial charge in [0.05, 0.1) is 17.8 Å². The average molecular weight is 331 g/mol. The van der Waals surface area contributed by atoms with E-state index in [1.807, 2.05) is 19.3 Å². The smallest absolute Gasteiger partial charge is 0.123 e. The lowest BCUT2D eigenvalue weighted by molar-refractivity contribution is 0.0237. The van der Waals surface area contributed by atoms with Crippen molar-refractivity contribution in [3.05, 3.63) is 53.6 Å². The van der Waals surface area contributed by atoms with Crippen LogP contribution in [-0.2, 0) is 7.05 Å². The quantitative estimate of drug-likeness (QED) is 0.826. The minimum absolute atomic E-state index is 0.179. The zero-order valence-corrected chi connectivity index (χ0v) is 14.2. The van der Waals surface area contributed by atoms with Gasteiger partial charge in [-0.25, -0.2) is 4.39 Å². The van der Waals surface area contributed by atoms with Crippen LogP contribution in [0.4, 0.5) is 4.39 Å². The van der Waals surface area contributed by atoms with E-state index in [0.717, 1.165) is 36.8 Å². The standard InChI is InChI=1S/C19H26FN3O/c1-23-13-16(12-22-23)18(15-7-6-8-17(20)11-15)21-14-19(24)9-4-2-3-5-10-19/h6-8,11-13,18,21,24H,2-5,9-10,14H2,1H3. The van der Waals surface area contributed by atoms with E-state index in [9.17, 15) is 9.50 Å². The summed E-state index contributed by atoms with van der Waals surface area (Å²) in [6.07, 6.45) is 9.88. The Morgan fingerprint density at radius 2 is 2.00 bits per heavy atom. The number of aryl methyl sites for hydroxylation is 1. The molecule has 1 aliphatic rings. The predicted octanol–water partition coefficient (Wildman–Crippen LogP) is 3.32. The molecular formula is C19H26FN3O. The largest absolute Gasteiger partial charge is 0.389 e. The summed E-state index contributed by atoms with van der Waals surface area (Å²) >= 11 is 0. The fourth-order valence-electron chi connectivity index (χ4n) is 3.56. The van der Waals surface area contributed by atoms with Crippen molar-refractivity contribution in [3.63, 3.8) is 0 Å². The highest BCUT2D eigenvalue weighted by molar-refractivity contribution is 5.29. The van der Waals surface area contributed by atoms with Crippen molar-refractivity contribution < 1.29 is 9.50 Å². The lowest BCUT2D eigenvalue weighted by atomic mass is 9.93. The van der Waals surface area contributed by atoms with Gasteiger partial charge in [-0.15, -0.1) is 0 Å². The van der Waals surface area contributed by atoms with Gasteiger partial charge in [0.2, 0.25) is 0 Å². The van der Waals surface area contributed by atoms with Crippen LogP contribution in [-0.4, -0.2) is 27.0 Å². The Kier molecular flexibility index (Phi) is 5.31. The molecule has 24 heavy (non-hydrogen) atoms. The molecule has 1 fully saturated rings. The molecule has 0 radical (unpaired) electrons. The van der Waals surface area contributed by atoms with E-state index in [1.54, 1.807) is 23.0 Å². The zero-order chi connectivity index (χ0) is 17.0. The van der Waals surface area contributed by atoms with Crippen LogP contribution >= 0.6 is 0 Å². The highest BCUT2D eigenvalue weighted by Gasteiger charge is 2.29.